The molecule has 0 unspecified atom stereocenters. The van der Waals surface area contributed by atoms with Gasteiger partial charge in [-0.15, -0.1) is 0 Å². The van der Waals surface area contributed by atoms with Crippen molar-refractivity contribution in [2.45, 2.75) is 59.1 Å². The number of ether oxygens (including phenoxy) is 2. The minimum atomic E-state index is 0.0732. The average molecular weight is 432 g/mol. The zero-order valence-electron chi connectivity index (χ0n) is 19.7. The molecule has 0 amide bonds. The zero-order chi connectivity index (χ0) is 22.7. The molecule has 1 N–H and O–H groups in total. The van der Waals surface area contributed by atoms with E-state index in [2.05, 4.69) is 69.4 Å². The number of methoxy groups -OCH3 is 1. The molecule has 32 heavy (non-hydrogen) atoms. The van der Waals surface area contributed by atoms with Crippen LogP contribution in [0.5, 0.6) is 5.75 Å². The molecule has 0 bridgehead atoms. The van der Waals surface area contributed by atoms with Crippen molar-refractivity contribution in [3.63, 3.8) is 0 Å². The molecule has 0 spiro atoms. The normalized spacial score (nSPS) is 17.3. The summed E-state index contributed by atoms with van der Waals surface area (Å²) in [5.74, 6) is 1.72. The maximum Gasteiger partial charge on any atom is 0.148 e. The summed E-state index contributed by atoms with van der Waals surface area (Å²) in [5.41, 5.74) is 7.82. The van der Waals surface area contributed by atoms with E-state index in [1.807, 2.05) is 6.07 Å². The van der Waals surface area contributed by atoms with Crippen molar-refractivity contribution in [2.75, 3.05) is 19.0 Å². The maximum atomic E-state index is 6.11. The van der Waals surface area contributed by atoms with E-state index >= 15 is 0 Å². The second-order valence-corrected chi connectivity index (χ2v) is 8.22. The van der Waals surface area contributed by atoms with Crippen molar-refractivity contribution in [3.05, 3.63) is 70.5 Å². The number of nitrogens with one attached hydrogen (secondary N) is 1. The van der Waals surface area contributed by atoms with Crippen LogP contribution >= 0.6 is 0 Å². The van der Waals surface area contributed by atoms with Gasteiger partial charge in [0.25, 0.3) is 0 Å². The van der Waals surface area contributed by atoms with Crippen LogP contribution in [0.25, 0.3) is 11.3 Å². The van der Waals surface area contributed by atoms with E-state index in [4.69, 9.17) is 19.4 Å². The van der Waals surface area contributed by atoms with Crippen molar-refractivity contribution < 1.29 is 9.47 Å². The third-order valence-electron chi connectivity index (χ3n) is 6.25. The van der Waals surface area contributed by atoms with Crippen molar-refractivity contribution >= 4 is 5.82 Å². The molecular formula is C27H33N3O2. The Kier molecular flexibility index (Phi) is 6.75. The first kappa shape index (κ1) is 22.3. The zero-order valence-corrected chi connectivity index (χ0v) is 19.7. The molecule has 1 aromatic heterocycles. The topological polar surface area (TPSA) is 56.3 Å². The van der Waals surface area contributed by atoms with E-state index in [1.54, 1.807) is 7.11 Å². The van der Waals surface area contributed by atoms with E-state index < -0.39 is 0 Å². The molecule has 0 aliphatic heterocycles. The molecule has 0 saturated carbocycles. The quantitative estimate of drug-likeness (QED) is 0.496. The molecular weight excluding hydrogens is 398 g/mol. The minimum Gasteiger partial charge on any atom is -0.497 e. The van der Waals surface area contributed by atoms with Crippen LogP contribution in [0.15, 0.2) is 42.5 Å². The van der Waals surface area contributed by atoms with E-state index in [9.17, 15) is 0 Å². The predicted molar refractivity (Wildman–Crippen MR) is 129 cm³/mol. The summed E-state index contributed by atoms with van der Waals surface area (Å²) in [7, 11) is 1.69. The lowest BCUT2D eigenvalue weighted by atomic mass is 10.0. The molecule has 5 heteroatoms. The molecule has 0 fully saturated rings. The molecule has 1 aliphatic rings. The largest absolute Gasteiger partial charge is 0.497 e. The molecule has 1 heterocycles. The Hall–Kier alpha value is -2.92. The number of benzene rings is 2. The molecule has 5 nitrogen and oxygen atoms in total. The lowest BCUT2D eigenvalue weighted by molar-refractivity contribution is 0.0573. The van der Waals surface area contributed by atoms with Crippen LogP contribution in [0.1, 0.15) is 54.9 Å². The lowest BCUT2D eigenvalue weighted by Gasteiger charge is -2.24. The summed E-state index contributed by atoms with van der Waals surface area (Å²) in [6, 6.07) is 14.8. The van der Waals surface area contributed by atoms with Gasteiger partial charge in [-0.2, -0.15) is 0 Å². The smallest absolute Gasteiger partial charge is 0.148 e. The highest BCUT2D eigenvalue weighted by atomic mass is 16.5. The van der Waals surface area contributed by atoms with Crippen LogP contribution < -0.4 is 10.1 Å². The maximum absolute atomic E-state index is 6.11. The van der Waals surface area contributed by atoms with Gasteiger partial charge in [0, 0.05) is 18.6 Å². The second kappa shape index (κ2) is 9.70. The lowest BCUT2D eigenvalue weighted by Crippen LogP contribution is -2.26. The number of fused-ring (bicyclic) bond motifs is 1. The molecule has 2 aromatic carbocycles. The first-order chi connectivity index (χ1) is 15.6. The molecule has 168 valence electrons. The van der Waals surface area contributed by atoms with Crippen molar-refractivity contribution in [1.29, 1.82) is 0 Å². The molecule has 4 rings (SSSR count). The van der Waals surface area contributed by atoms with E-state index in [-0.39, 0.29) is 12.1 Å². The van der Waals surface area contributed by atoms with Crippen LogP contribution in [0.2, 0.25) is 0 Å². The van der Waals surface area contributed by atoms with Crippen molar-refractivity contribution in [3.8, 4) is 17.0 Å². The number of aromatic nitrogens is 2. The molecule has 2 atom stereocenters. The van der Waals surface area contributed by atoms with Gasteiger partial charge >= 0.3 is 0 Å². The average Bonchev–Trinajstić information content (AvgIpc) is 3.16. The van der Waals surface area contributed by atoms with E-state index in [1.165, 1.54) is 11.1 Å². The Balaban J connectivity index is 1.74. The fourth-order valence-corrected chi connectivity index (χ4v) is 4.60. The summed E-state index contributed by atoms with van der Waals surface area (Å²) in [6.45, 7) is 9.11. The molecule has 0 radical (unpaired) electrons. The number of aryl methyl sites for hydroxylation is 3. The fraction of sp³-hybridized carbons (Fsp3) is 0.407. The van der Waals surface area contributed by atoms with E-state index in [0.717, 1.165) is 59.0 Å². The molecule has 1 aliphatic carbocycles. The van der Waals surface area contributed by atoms with Gasteiger partial charge in [0.15, 0.2) is 0 Å². The Morgan fingerprint density at radius 2 is 1.78 bits per heavy atom. The van der Waals surface area contributed by atoms with Gasteiger partial charge in [-0.25, -0.2) is 9.97 Å². The summed E-state index contributed by atoms with van der Waals surface area (Å²) in [5, 5.41) is 3.72. The van der Waals surface area contributed by atoms with Crippen molar-refractivity contribution in [1.82, 2.24) is 9.97 Å². The first-order valence-electron chi connectivity index (χ1n) is 11.6. The fourth-order valence-electron chi connectivity index (χ4n) is 4.60. The second-order valence-electron chi connectivity index (χ2n) is 8.22. The number of hydrogen-bond acceptors (Lipinski definition) is 5. The monoisotopic (exact) mass is 431 g/mol. The first-order valence-corrected chi connectivity index (χ1v) is 11.6. The summed E-state index contributed by atoms with van der Waals surface area (Å²) < 4.78 is 11.5. The predicted octanol–water partition coefficient (Wildman–Crippen LogP) is 5.70. The SMILES string of the molecule is CCO[C@H]1Cc2ccccc2[C@H]1Nc1nc(CC)c(-c2ccc(OC)cc2C)nc1CC. The Morgan fingerprint density at radius 1 is 1.00 bits per heavy atom. The summed E-state index contributed by atoms with van der Waals surface area (Å²) in [6.07, 6.45) is 2.62. The Bertz CT molecular complexity index is 1100. The highest BCUT2D eigenvalue weighted by Gasteiger charge is 2.33. The van der Waals surface area contributed by atoms with Gasteiger partial charge in [0.1, 0.15) is 11.6 Å². The van der Waals surface area contributed by atoms with E-state index in [0.29, 0.717) is 6.61 Å². The number of anilines is 1. The van der Waals surface area contributed by atoms with Gasteiger partial charge in [-0.05, 0) is 61.6 Å². The molecule has 3 aromatic rings. The Morgan fingerprint density at radius 3 is 2.47 bits per heavy atom. The third kappa shape index (κ3) is 4.22. The van der Waals surface area contributed by atoms with Gasteiger partial charge in [0.05, 0.1) is 36.3 Å². The van der Waals surface area contributed by atoms with Gasteiger partial charge in [-0.1, -0.05) is 38.1 Å². The highest BCUT2D eigenvalue weighted by molar-refractivity contribution is 5.68. The van der Waals surface area contributed by atoms with Gasteiger partial charge < -0.3 is 14.8 Å². The number of rotatable bonds is 8. The van der Waals surface area contributed by atoms with Crippen LogP contribution in [0, 0.1) is 6.92 Å². The Labute approximate surface area is 191 Å². The standard InChI is InChI=1S/C27H33N3O2/c1-6-22-25(20-14-13-19(31-5)15-17(20)4)28-23(7-2)27(29-22)30-26-21-12-10-9-11-18(21)16-24(26)32-8-3/h9-15,24,26H,6-8,16H2,1-5H3,(H,29,30)/t24-,26+/m0/s1. The summed E-state index contributed by atoms with van der Waals surface area (Å²) >= 11 is 0. The molecule has 0 saturated heterocycles. The van der Waals surface area contributed by atoms with Crippen LogP contribution in [-0.2, 0) is 24.0 Å². The van der Waals surface area contributed by atoms with Crippen LogP contribution in [-0.4, -0.2) is 29.8 Å². The number of nitrogens with zero attached hydrogens (tertiary/aromatic N) is 2. The van der Waals surface area contributed by atoms with Gasteiger partial charge in [0.2, 0.25) is 0 Å². The summed E-state index contributed by atoms with van der Waals surface area (Å²) in [4.78, 5) is 10.2. The minimum absolute atomic E-state index is 0.0732. The third-order valence-corrected chi connectivity index (χ3v) is 6.25. The van der Waals surface area contributed by atoms with Gasteiger partial charge in [-0.3, -0.25) is 0 Å². The van der Waals surface area contributed by atoms with Crippen LogP contribution in [0.4, 0.5) is 5.82 Å². The van der Waals surface area contributed by atoms with Crippen LogP contribution in [0.3, 0.4) is 0 Å². The number of hydrogen-bond donors (Lipinski definition) is 1. The van der Waals surface area contributed by atoms with Crippen molar-refractivity contribution in [2.24, 2.45) is 0 Å². The highest BCUT2D eigenvalue weighted by Crippen LogP contribution is 2.37.